The van der Waals surface area contributed by atoms with Crippen LogP contribution in [-0.4, -0.2) is 35.2 Å². The average molecular weight is 287 g/mol. The van der Waals surface area contributed by atoms with Crippen molar-refractivity contribution in [3.05, 3.63) is 41.9 Å². The predicted molar refractivity (Wildman–Crippen MR) is 82.3 cm³/mol. The zero-order chi connectivity index (χ0) is 15.1. The normalized spacial score (nSPS) is 10.4. The molecular weight excluding hydrogens is 266 g/mol. The molecule has 0 aliphatic heterocycles. The summed E-state index contributed by atoms with van der Waals surface area (Å²) in [7, 11) is 1.61. The topological polar surface area (TPSA) is 77.2 Å². The van der Waals surface area contributed by atoms with Crippen molar-refractivity contribution in [3.63, 3.8) is 0 Å². The van der Waals surface area contributed by atoms with Crippen molar-refractivity contribution >= 4 is 5.95 Å². The van der Waals surface area contributed by atoms with Gasteiger partial charge in [0.2, 0.25) is 11.8 Å². The van der Waals surface area contributed by atoms with Gasteiger partial charge in [-0.2, -0.15) is 4.98 Å². The van der Waals surface area contributed by atoms with Gasteiger partial charge in [-0.1, -0.05) is 6.07 Å². The van der Waals surface area contributed by atoms with Crippen LogP contribution >= 0.6 is 0 Å². The zero-order valence-electron chi connectivity index (χ0n) is 12.5. The third-order valence-electron chi connectivity index (χ3n) is 3.04. The predicted octanol–water partition coefficient (Wildman–Crippen LogP) is 1.54. The molecule has 21 heavy (non-hydrogen) atoms. The number of hydrogen-bond donors (Lipinski definition) is 1. The summed E-state index contributed by atoms with van der Waals surface area (Å²) in [6.07, 6.45) is 4.49. The molecule has 2 rings (SSSR count). The first-order valence-electron chi connectivity index (χ1n) is 6.96. The van der Waals surface area contributed by atoms with E-state index in [1.807, 2.05) is 31.3 Å². The maximum atomic E-state index is 5.63. The first-order valence-corrected chi connectivity index (χ1v) is 6.96. The molecule has 0 bridgehead atoms. The number of anilines is 1. The summed E-state index contributed by atoms with van der Waals surface area (Å²) in [5, 5.41) is 0. The third-order valence-corrected chi connectivity index (χ3v) is 3.04. The van der Waals surface area contributed by atoms with Gasteiger partial charge in [-0.15, -0.1) is 0 Å². The Morgan fingerprint density at radius 1 is 1.33 bits per heavy atom. The van der Waals surface area contributed by atoms with Gasteiger partial charge in [-0.25, -0.2) is 4.98 Å². The Morgan fingerprint density at radius 3 is 2.86 bits per heavy atom. The van der Waals surface area contributed by atoms with Crippen molar-refractivity contribution in [1.82, 2.24) is 15.0 Å². The lowest BCUT2D eigenvalue weighted by Crippen LogP contribution is -2.27. The molecule has 0 amide bonds. The Morgan fingerprint density at radius 2 is 2.19 bits per heavy atom. The van der Waals surface area contributed by atoms with Crippen molar-refractivity contribution in [3.8, 4) is 5.88 Å². The lowest BCUT2D eigenvalue weighted by molar-refractivity contribution is 0.396. The van der Waals surface area contributed by atoms with Crippen LogP contribution in [0.1, 0.15) is 17.7 Å². The number of hydrogen-bond acceptors (Lipinski definition) is 6. The highest BCUT2D eigenvalue weighted by Gasteiger charge is 2.12. The molecule has 0 saturated heterocycles. The maximum absolute atomic E-state index is 5.63. The van der Waals surface area contributed by atoms with Gasteiger partial charge in [0.15, 0.2) is 0 Å². The van der Waals surface area contributed by atoms with Crippen LogP contribution in [0.15, 0.2) is 30.6 Å². The van der Waals surface area contributed by atoms with Gasteiger partial charge >= 0.3 is 0 Å². The largest absolute Gasteiger partial charge is 0.481 e. The number of nitrogens with zero attached hydrogens (tertiary/aromatic N) is 4. The number of pyridine rings is 1. The standard InChI is InChI=1S/C15H21N5O/c1-12-9-14(21-2)19-15(18-12)20(8-4-6-16)11-13-5-3-7-17-10-13/h3,5,7,9-10H,4,6,8,11,16H2,1-2H3. The maximum Gasteiger partial charge on any atom is 0.229 e. The summed E-state index contributed by atoms with van der Waals surface area (Å²) in [4.78, 5) is 15.2. The molecule has 2 aromatic rings. The molecule has 0 fully saturated rings. The van der Waals surface area contributed by atoms with E-state index in [0.717, 1.165) is 24.2 Å². The SMILES string of the molecule is COc1cc(C)nc(N(CCCN)Cc2cccnc2)n1. The number of rotatable bonds is 7. The number of aromatic nitrogens is 3. The molecule has 0 spiro atoms. The zero-order valence-corrected chi connectivity index (χ0v) is 12.5. The minimum atomic E-state index is 0.571. The monoisotopic (exact) mass is 287 g/mol. The van der Waals surface area contributed by atoms with Crippen LogP contribution in [0.2, 0.25) is 0 Å². The molecule has 112 valence electrons. The second-order valence-corrected chi connectivity index (χ2v) is 4.78. The van der Waals surface area contributed by atoms with Crippen LogP contribution < -0.4 is 15.4 Å². The molecule has 0 atom stereocenters. The highest BCUT2D eigenvalue weighted by atomic mass is 16.5. The molecule has 0 aromatic carbocycles. The van der Waals surface area contributed by atoms with Gasteiger partial charge in [0, 0.05) is 37.2 Å². The van der Waals surface area contributed by atoms with Crippen molar-refractivity contribution in [1.29, 1.82) is 0 Å². The molecule has 0 unspecified atom stereocenters. The van der Waals surface area contributed by atoms with E-state index in [4.69, 9.17) is 10.5 Å². The smallest absolute Gasteiger partial charge is 0.229 e. The van der Waals surface area contributed by atoms with Crippen molar-refractivity contribution in [2.24, 2.45) is 5.73 Å². The van der Waals surface area contributed by atoms with Crippen LogP contribution in [0.5, 0.6) is 5.88 Å². The molecule has 0 radical (unpaired) electrons. The van der Waals surface area contributed by atoms with Crippen molar-refractivity contribution in [2.45, 2.75) is 19.9 Å². The molecule has 0 aliphatic rings. The summed E-state index contributed by atoms with van der Waals surface area (Å²) in [6.45, 7) is 4.05. The van der Waals surface area contributed by atoms with E-state index in [0.29, 0.717) is 24.9 Å². The van der Waals surface area contributed by atoms with E-state index in [9.17, 15) is 0 Å². The fraction of sp³-hybridized carbons (Fsp3) is 0.400. The Balaban J connectivity index is 2.24. The minimum Gasteiger partial charge on any atom is -0.481 e. The van der Waals surface area contributed by atoms with Crippen LogP contribution in [0.25, 0.3) is 0 Å². The number of methoxy groups -OCH3 is 1. The van der Waals surface area contributed by atoms with Gasteiger partial charge in [0.05, 0.1) is 7.11 Å². The van der Waals surface area contributed by atoms with Gasteiger partial charge in [0.25, 0.3) is 0 Å². The average Bonchev–Trinajstić information content (AvgIpc) is 2.51. The van der Waals surface area contributed by atoms with E-state index < -0.39 is 0 Å². The molecule has 2 heterocycles. The van der Waals surface area contributed by atoms with Crippen LogP contribution in [0.3, 0.4) is 0 Å². The van der Waals surface area contributed by atoms with Crippen molar-refractivity contribution in [2.75, 3.05) is 25.1 Å². The molecule has 6 nitrogen and oxygen atoms in total. The van der Waals surface area contributed by atoms with E-state index in [-0.39, 0.29) is 0 Å². The number of aryl methyl sites for hydroxylation is 1. The first kappa shape index (κ1) is 15.2. The lowest BCUT2D eigenvalue weighted by Gasteiger charge is -2.23. The fourth-order valence-corrected chi connectivity index (χ4v) is 2.01. The lowest BCUT2D eigenvalue weighted by atomic mass is 10.2. The minimum absolute atomic E-state index is 0.571. The summed E-state index contributed by atoms with van der Waals surface area (Å²) in [5.41, 5.74) is 7.62. The van der Waals surface area contributed by atoms with Gasteiger partial charge in [-0.3, -0.25) is 4.98 Å². The molecule has 0 saturated carbocycles. The quantitative estimate of drug-likeness (QED) is 0.832. The Bertz CT molecular complexity index is 561. The highest BCUT2D eigenvalue weighted by Crippen LogP contribution is 2.17. The van der Waals surface area contributed by atoms with E-state index >= 15 is 0 Å². The molecule has 2 aromatic heterocycles. The van der Waals surface area contributed by atoms with Crippen molar-refractivity contribution < 1.29 is 4.74 Å². The molecule has 0 aliphatic carbocycles. The highest BCUT2D eigenvalue weighted by molar-refractivity contribution is 5.35. The molecule has 2 N–H and O–H groups in total. The van der Waals surface area contributed by atoms with Gasteiger partial charge in [-0.05, 0) is 31.5 Å². The first-order chi connectivity index (χ1) is 10.2. The number of nitrogens with two attached hydrogens (primary N) is 1. The Kier molecular flexibility index (Phi) is 5.45. The summed E-state index contributed by atoms with van der Waals surface area (Å²) in [6, 6.07) is 5.78. The Labute approximate surface area is 125 Å². The van der Waals surface area contributed by atoms with E-state index in [1.165, 1.54) is 0 Å². The summed E-state index contributed by atoms with van der Waals surface area (Å²) < 4.78 is 5.23. The summed E-state index contributed by atoms with van der Waals surface area (Å²) >= 11 is 0. The van der Waals surface area contributed by atoms with Gasteiger partial charge < -0.3 is 15.4 Å². The Hall–Kier alpha value is -2.21. The second kappa shape index (κ2) is 7.54. The summed E-state index contributed by atoms with van der Waals surface area (Å²) in [5.74, 6) is 1.23. The molecular formula is C15H21N5O. The van der Waals surface area contributed by atoms with E-state index in [1.54, 1.807) is 13.3 Å². The fourth-order valence-electron chi connectivity index (χ4n) is 2.01. The van der Waals surface area contributed by atoms with E-state index in [2.05, 4.69) is 19.9 Å². The third kappa shape index (κ3) is 4.39. The van der Waals surface area contributed by atoms with Crippen LogP contribution in [-0.2, 0) is 6.54 Å². The second-order valence-electron chi connectivity index (χ2n) is 4.78. The van der Waals surface area contributed by atoms with Gasteiger partial charge in [0.1, 0.15) is 0 Å². The van der Waals surface area contributed by atoms with Crippen LogP contribution in [0, 0.1) is 6.92 Å². The van der Waals surface area contributed by atoms with Crippen LogP contribution in [0.4, 0.5) is 5.95 Å². The number of ether oxygens (including phenoxy) is 1. The molecule has 6 heteroatoms.